The van der Waals surface area contributed by atoms with Gasteiger partial charge in [0.25, 0.3) is 0 Å². The molecular formula is C45H27N5O. The van der Waals surface area contributed by atoms with Gasteiger partial charge in [-0.3, -0.25) is 4.98 Å². The van der Waals surface area contributed by atoms with Crippen molar-refractivity contribution in [1.29, 1.82) is 5.26 Å². The molecule has 6 nitrogen and oxygen atoms in total. The molecule has 0 aliphatic rings. The first-order valence-corrected chi connectivity index (χ1v) is 16.6. The van der Waals surface area contributed by atoms with E-state index in [0.29, 0.717) is 23.0 Å². The zero-order valence-corrected chi connectivity index (χ0v) is 27.2. The van der Waals surface area contributed by atoms with E-state index in [1.807, 2.05) is 115 Å². The van der Waals surface area contributed by atoms with E-state index in [1.165, 1.54) is 0 Å². The minimum atomic E-state index is 0.553. The van der Waals surface area contributed by atoms with Crippen LogP contribution >= 0.6 is 0 Å². The molecule has 0 aliphatic heterocycles. The first kappa shape index (κ1) is 29.9. The Morgan fingerprint density at radius 2 is 1.08 bits per heavy atom. The standard InChI is InChI=1S/C45H27N5O/c46-28-29-8-6-11-35(26-29)30-15-21-34(22-16-30)44-48-43(33-9-2-1-3-10-33)49-45(50-44)36-23-24-38-41(27-36)51-40-14-7-12-37(42(38)40)31-17-19-32(20-18-31)39-13-4-5-25-47-39/h1-27H. The van der Waals surface area contributed by atoms with E-state index < -0.39 is 0 Å². The number of benzene rings is 6. The van der Waals surface area contributed by atoms with Gasteiger partial charge < -0.3 is 4.42 Å². The largest absolute Gasteiger partial charge is 0.456 e. The Hall–Kier alpha value is -7.23. The summed E-state index contributed by atoms with van der Waals surface area (Å²) < 4.78 is 6.47. The second-order valence-corrected chi connectivity index (χ2v) is 12.2. The summed E-state index contributed by atoms with van der Waals surface area (Å²) in [6.07, 6.45) is 1.81. The zero-order chi connectivity index (χ0) is 34.1. The molecule has 238 valence electrons. The maximum atomic E-state index is 9.36. The second-order valence-electron chi connectivity index (χ2n) is 12.2. The van der Waals surface area contributed by atoms with Crippen molar-refractivity contribution in [2.75, 3.05) is 0 Å². The molecule has 6 heteroatoms. The fraction of sp³-hybridized carbons (Fsp3) is 0. The van der Waals surface area contributed by atoms with E-state index in [4.69, 9.17) is 19.4 Å². The van der Waals surface area contributed by atoms with Crippen molar-refractivity contribution in [2.45, 2.75) is 0 Å². The van der Waals surface area contributed by atoms with Gasteiger partial charge in [-0.15, -0.1) is 0 Å². The second kappa shape index (κ2) is 12.7. The average Bonchev–Trinajstić information content (AvgIpc) is 3.60. The highest BCUT2D eigenvalue weighted by Crippen LogP contribution is 2.39. The summed E-state index contributed by atoms with van der Waals surface area (Å²) in [6.45, 7) is 0. The molecule has 0 unspecified atom stereocenters. The van der Waals surface area contributed by atoms with Gasteiger partial charge in [0, 0.05) is 39.2 Å². The minimum absolute atomic E-state index is 0.553. The molecule has 0 atom stereocenters. The number of nitrogens with zero attached hydrogens (tertiary/aromatic N) is 5. The first-order valence-electron chi connectivity index (χ1n) is 16.6. The molecular weight excluding hydrogens is 627 g/mol. The van der Waals surface area contributed by atoms with Gasteiger partial charge in [0.2, 0.25) is 0 Å². The number of furan rings is 1. The van der Waals surface area contributed by atoms with Crippen LogP contribution in [0.3, 0.4) is 0 Å². The first-order chi connectivity index (χ1) is 25.2. The molecule has 0 N–H and O–H groups in total. The van der Waals surface area contributed by atoms with Crippen molar-refractivity contribution >= 4 is 21.9 Å². The van der Waals surface area contributed by atoms with Gasteiger partial charge in [0.05, 0.1) is 17.3 Å². The molecule has 0 spiro atoms. The van der Waals surface area contributed by atoms with Gasteiger partial charge >= 0.3 is 0 Å². The van der Waals surface area contributed by atoms with Crippen molar-refractivity contribution in [3.05, 3.63) is 169 Å². The zero-order valence-electron chi connectivity index (χ0n) is 27.2. The fourth-order valence-electron chi connectivity index (χ4n) is 6.49. The number of nitriles is 1. The van der Waals surface area contributed by atoms with Crippen molar-refractivity contribution in [3.63, 3.8) is 0 Å². The molecule has 0 saturated carbocycles. The number of aromatic nitrogens is 4. The summed E-state index contributed by atoms with van der Waals surface area (Å²) in [7, 11) is 0. The SMILES string of the molecule is N#Cc1cccc(-c2ccc(-c3nc(-c4ccccc4)nc(-c4ccc5c(c4)oc4cccc(-c6ccc(-c7ccccn7)cc6)c45)n3)cc2)c1. The molecule has 0 bridgehead atoms. The van der Waals surface area contributed by atoms with Crippen LogP contribution < -0.4 is 0 Å². The number of fused-ring (bicyclic) bond motifs is 3. The van der Waals surface area contributed by atoms with Gasteiger partial charge in [0.1, 0.15) is 11.2 Å². The number of hydrogen-bond donors (Lipinski definition) is 0. The predicted octanol–water partition coefficient (Wildman–Crippen LogP) is 11.0. The predicted molar refractivity (Wildman–Crippen MR) is 202 cm³/mol. The molecule has 51 heavy (non-hydrogen) atoms. The third-order valence-corrected chi connectivity index (χ3v) is 9.05. The Morgan fingerprint density at radius 3 is 1.82 bits per heavy atom. The Balaban J connectivity index is 1.12. The highest BCUT2D eigenvalue weighted by Gasteiger charge is 2.17. The lowest BCUT2D eigenvalue weighted by molar-refractivity contribution is 0.669. The summed E-state index contributed by atoms with van der Waals surface area (Å²) >= 11 is 0. The molecule has 9 aromatic rings. The lowest BCUT2D eigenvalue weighted by Crippen LogP contribution is -2.00. The van der Waals surface area contributed by atoms with Crippen molar-refractivity contribution in [3.8, 4) is 73.7 Å². The van der Waals surface area contributed by atoms with Gasteiger partial charge in [-0.05, 0) is 64.7 Å². The number of rotatable bonds is 6. The van der Waals surface area contributed by atoms with Crippen LogP contribution in [-0.4, -0.2) is 19.9 Å². The molecule has 3 aromatic heterocycles. The van der Waals surface area contributed by atoms with E-state index in [0.717, 1.165) is 72.1 Å². The van der Waals surface area contributed by atoms with Gasteiger partial charge in [-0.25, -0.2) is 15.0 Å². The monoisotopic (exact) mass is 653 g/mol. The summed E-state index contributed by atoms with van der Waals surface area (Å²) in [5.41, 5.74) is 11.0. The molecule has 9 rings (SSSR count). The lowest BCUT2D eigenvalue weighted by Gasteiger charge is -2.09. The lowest BCUT2D eigenvalue weighted by atomic mass is 9.97. The quantitative estimate of drug-likeness (QED) is 0.177. The summed E-state index contributed by atoms with van der Waals surface area (Å²) in [4.78, 5) is 19.3. The Kier molecular flexibility index (Phi) is 7.42. The van der Waals surface area contributed by atoms with Crippen LogP contribution in [0.4, 0.5) is 0 Å². The number of hydrogen-bond acceptors (Lipinski definition) is 6. The normalized spacial score (nSPS) is 11.1. The minimum Gasteiger partial charge on any atom is -0.456 e. The molecule has 0 amide bonds. The van der Waals surface area contributed by atoms with Crippen molar-refractivity contribution in [2.24, 2.45) is 0 Å². The third-order valence-electron chi connectivity index (χ3n) is 9.05. The molecule has 6 aromatic carbocycles. The van der Waals surface area contributed by atoms with Gasteiger partial charge in [-0.2, -0.15) is 5.26 Å². The topological polar surface area (TPSA) is 88.5 Å². The van der Waals surface area contributed by atoms with Crippen molar-refractivity contribution in [1.82, 2.24) is 19.9 Å². The van der Waals surface area contributed by atoms with Gasteiger partial charge in [-0.1, -0.05) is 115 Å². The van der Waals surface area contributed by atoms with E-state index in [2.05, 4.69) is 53.5 Å². The molecule has 0 saturated heterocycles. The summed E-state index contributed by atoms with van der Waals surface area (Å²) in [5, 5.41) is 11.4. The Bertz CT molecular complexity index is 2730. The van der Waals surface area contributed by atoms with E-state index in [-0.39, 0.29) is 0 Å². The van der Waals surface area contributed by atoms with Crippen LogP contribution in [0.2, 0.25) is 0 Å². The van der Waals surface area contributed by atoms with Crippen LogP contribution in [0.25, 0.3) is 89.6 Å². The van der Waals surface area contributed by atoms with E-state index in [1.54, 1.807) is 6.07 Å². The van der Waals surface area contributed by atoms with Crippen LogP contribution in [0.15, 0.2) is 168 Å². The highest BCUT2D eigenvalue weighted by molar-refractivity contribution is 6.13. The van der Waals surface area contributed by atoms with Crippen LogP contribution in [0.1, 0.15) is 5.56 Å². The summed E-state index contributed by atoms with van der Waals surface area (Å²) in [5.74, 6) is 1.71. The fourth-order valence-corrected chi connectivity index (χ4v) is 6.49. The van der Waals surface area contributed by atoms with Crippen LogP contribution in [-0.2, 0) is 0 Å². The molecule has 3 heterocycles. The molecule has 0 aliphatic carbocycles. The maximum absolute atomic E-state index is 9.36. The maximum Gasteiger partial charge on any atom is 0.164 e. The van der Waals surface area contributed by atoms with Crippen LogP contribution in [0.5, 0.6) is 0 Å². The smallest absolute Gasteiger partial charge is 0.164 e. The van der Waals surface area contributed by atoms with Crippen molar-refractivity contribution < 1.29 is 4.42 Å². The average molecular weight is 654 g/mol. The van der Waals surface area contributed by atoms with Crippen LogP contribution in [0, 0.1) is 11.3 Å². The highest BCUT2D eigenvalue weighted by atomic mass is 16.3. The van der Waals surface area contributed by atoms with Gasteiger partial charge in [0.15, 0.2) is 17.5 Å². The molecule has 0 fully saturated rings. The summed E-state index contributed by atoms with van der Waals surface area (Å²) in [6, 6.07) is 54.6. The third kappa shape index (κ3) is 5.69. The molecule has 0 radical (unpaired) electrons. The van der Waals surface area contributed by atoms with E-state index >= 15 is 0 Å². The Labute approximate surface area is 294 Å². The number of pyridine rings is 1. The Morgan fingerprint density at radius 1 is 0.451 bits per heavy atom. The van der Waals surface area contributed by atoms with E-state index in [9.17, 15) is 5.26 Å².